The normalized spacial score (nSPS) is 12.1. The number of thioether (sulfide) groups is 1. The lowest BCUT2D eigenvalue weighted by atomic mass is 10.1. The Bertz CT molecular complexity index is 861. The third-order valence-electron chi connectivity index (χ3n) is 3.58. The van der Waals surface area contributed by atoms with Gasteiger partial charge in [-0.2, -0.15) is 0 Å². The Kier molecular flexibility index (Phi) is 5.16. The minimum atomic E-state index is -0.254. The second kappa shape index (κ2) is 7.32. The number of aryl methyl sites for hydroxylation is 1. The van der Waals surface area contributed by atoms with Crippen LogP contribution in [0.15, 0.2) is 58.2 Å². The molecule has 0 saturated heterocycles. The van der Waals surface area contributed by atoms with E-state index < -0.39 is 0 Å². The first-order chi connectivity index (χ1) is 11.5. The molecule has 0 aliphatic heterocycles. The molecule has 1 aromatic heterocycles. The minimum Gasteiger partial charge on any atom is -0.293 e. The summed E-state index contributed by atoms with van der Waals surface area (Å²) in [5.41, 5.74) is 2.79. The summed E-state index contributed by atoms with van der Waals surface area (Å²) in [4.78, 5) is 17.0. The van der Waals surface area contributed by atoms with Gasteiger partial charge < -0.3 is 0 Å². The number of aromatic nitrogens is 3. The summed E-state index contributed by atoms with van der Waals surface area (Å²) in [5.74, 6) is 0.757. The zero-order chi connectivity index (χ0) is 17.1. The van der Waals surface area contributed by atoms with Gasteiger partial charge in [0.15, 0.2) is 11.6 Å². The number of halogens is 1. The Morgan fingerprint density at radius 2 is 1.88 bits per heavy atom. The average molecular weight is 402 g/mol. The number of benzene rings is 2. The molecule has 0 unspecified atom stereocenters. The largest absolute Gasteiger partial charge is 0.293 e. The Hall–Kier alpha value is -1.92. The minimum absolute atomic E-state index is 0.0761. The van der Waals surface area contributed by atoms with Crippen molar-refractivity contribution in [1.29, 1.82) is 0 Å². The number of hydrogen-bond donors (Lipinski definition) is 1. The summed E-state index contributed by atoms with van der Waals surface area (Å²) in [7, 11) is 0. The summed E-state index contributed by atoms with van der Waals surface area (Å²) >= 11 is 4.86. The van der Waals surface area contributed by atoms with Crippen LogP contribution in [0.4, 0.5) is 0 Å². The molecule has 1 atom stereocenters. The average Bonchev–Trinajstić information content (AvgIpc) is 3.03. The third-order valence-corrected chi connectivity index (χ3v) is 5.23. The molecule has 0 radical (unpaired) electrons. The molecule has 6 heteroatoms. The Balaban J connectivity index is 1.73. The number of nitrogens with one attached hydrogen (secondary N) is 1. The van der Waals surface area contributed by atoms with Crippen LogP contribution in [0.1, 0.15) is 22.8 Å². The number of Topliss-reactive ketones (excluding diaryl/α,β-unsaturated/α-hetero) is 1. The maximum Gasteiger partial charge on any atom is 0.209 e. The highest BCUT2D eigenvalue weighted by Gasteiger charge is 2.19. The van der Waals surface area contributed by atoms with E-state index in [4.69, 9.17) is 0 Å². The van der Waals surface area contributed by atoms with Crippen LogP contribution < -0.4 is 0 Å². The Morgan fingerprint density at radius 1 is 1.17 bits per heavy atom. The second-order valence-electron chi connectivity index (χ2n) is 5.44. The molecule has 3 aromatic rings. The summed E-state index contributed by atoms with van der Waals surface area (Å²) in [5, 5.41) is 7.46. The van der Waals surface area contributed by atoms with Crippen molar-refractivity contribution in [3.05, 3.63) is 64.1 Å². The number of rotatable bonds is 5. The topological polar surface area (TPSA) is 58.6 Å². The van der Waals surface area contributed by atoms with Crippen LogP contribution >= 0.6 is 27.7 Å². The maximum atomic E-state index is 12.5. The highest BCUT2D eigenvalue weighted by atomic mass is 79.9. The van der Waals surface area contributed by atoms with E-state index in [0.717, 1.165) is 15.6 Å². The molecule has 0 aliphatic rings. The van der Waals surface area contributed by atoms with E-state index in [1.54, 1.807) is 0 Å². The van der Waals surface area contributed by atoms with E-state index in [0.29, 0.717) is 16.5 Å². The number of aromatic amines is 1. The summed E-state index contributed by atoms with van der Waals surface area (Å²) in [6.07, 6.45) is 0. The fourth-order valence-electron chi connectivity index (χ4n) is 2.24. The molecule has 3 rings (SSSR count). The first-order valence-electron chi connectivity index (χ1n) is 7.49. The van der Waals surface area contributed by atoms with Gasteiger partial charge in [0, 0.05) is 15.6 Å². The standard InChI is InChI=1S/C18H16BrN3OS/c1-11-7-9-13(10-8-11)16(23)12(2)24-18-20-17(21-22-18)14-5-3-4-6-15(14)19/h3-10,12H,1-2H3,(H,20,21,22)/t12-/m0/s1. The van der Waals surface area contributed by atoms with E-state index in [-0.39, 0.29) is 11.0 Å². The number of hydrogen-bond acceptors (Lipinski definition) is 4. The molecular weight excluding hydrogens is 386 g/mol. The van der Waals surface area contributed by atoms with Crippen LogP contribution in [-0.2, 0) is 0 Å². The van der Waals surface area contributed by atoms with Gasteiger partial charge in [-0.05, 0) is 19.9 Å². The number of H-pyrrole nitrogens is 1. The van der Waals surface area contributed by atoms with Crippen molar-refractivity contribution in [2.24, 2.45) is 0 Å². The lowest BCUT2D eigenvalue weighted by Crippen LogP contribution is -2.13. The molecule has 1 heterocycles. The molecule has 0 fully saturated rings. The van der Waals surface area contributed by atoms with Crippen molar-refractivity contribution < 1.29 is 4.79 Å². The van der Waals surface area contributed by atoms with Crippen molar-refractivity contribution in [2.45, 2.75) is 24.3 Å². The number of nitrogens with zero attached hydrogens (tertiary/aromatic N) is 2. The van der Waals surface area contributed by atoms with Crippen molar-refractivity contribution in [1.82, 2.24) is 15.2 Å². The number of ketones is 1. The van der Waals surface area contributed by atoms with Crippen LogP contribution in [0.25, 0.3) is 11.4 Å². The SMILES string of the molecule is Cc1ccc(C(=O)[C@H](C)Sc2n[nH]c(-c3ccccc3Br)n2)cc1. The highest BCUT2D eigenvalue weighted by Crippen LogP contribution is 2.28. The van der Waals surface area contributed by atoms with E-state index in [9.17, 15) is 4.79 Å². The smallest absolute Gasteiger partial charge is 0.209 e. The molecule has 2 aromatic carbocycles. The molecule has 1 N–H and O–H groups in total. The van der Waals surface area contributed by atoms with Crippen LogP contribution in [0.2, 0.25) is 0 Å². The fraction of sp³-hybridized carbons (Fsp3) is 0.167. The Morgan fingerprint density at radius 3 is 2.58 bits per heavy atom. The van der Waals surface area contributed by atoms with Crippen molar-refractivity contribution in [3.8, 4) is 11.4 Å². The van der Waals surface area contributed by atoms with Gasteiger partial charge in [0.2, 0.25) is 5.16 Å². The van der Waals surface area contributed by atoms with Crippen LogP contribution in [-0.4, -0.2) is 26.2 Å². The first kappa shape index (κ1) is 16.9. The molecule has 122 valence electrons. The second-order valence-corrected chi connectivity index (χ2v) is 7.60. The quantitative estimate of drug-likeness (QED) is 0.487. The van der Waals surface area contributed by atoms with Gasteiger partial charge in [0.1, 0.15) is 0 Å². The van der Waals surface area contributed by atoms with Gasteiger partial charge in [0.05, 0.1) is 5.25 Å². The summed E-state index contributed by atoms with van der Waals surface area (Å²) in [6, 6.07) is 15.4. The molecule has 0 spiro atoms. The van der Waals surface area contributed by atoms with Gasteiger partial charge in [-0.15, -0.1) is 5.10 Å². The summed E-state index contributed by atoms with van der Waals surface area (Å²) in [6.45, 7) is 3.88. The molecule has 0 amide bonds. The first-order valence-corrected chi connectivity index (χ1v) is 9.16. The fourth-order valence-corrected chi connectivity index (χ4v) is 3.51. The Labute approximate surface area is 153 Å². The zero-order valence-electron chi connectivity index (χ0n) is 13.3. The number of carbonyl (C=O) groups excluding carboxylic acids is 1. The van der Waals surface area contributed by atoms with Crippen molar-refractivity contribution >= 4 is 33.5 Å². The molecule has 0 aliphatic carbocycles. The van der Waals surface area contributed by atoms with E-state index in [1.165, 1.54) is 11.8 Å². The predicted molar refractivity (Wildman–Crippen MR) is 100 cm³/mol. The van der Waals surface area contributed by atoms with Crippen molar-refractivity contribution in [3.63, 3.8) is 0 Å². The molecule has 0 saturated carbocycles. The molecule has 4 nitrogen and oxygen atoms in total. The third kappa shape index (κ3) is 3.76. The van der Waals surface area contributed by atoms with Gasteiger partial charge in [-0.25, -0.2) is 4.98 Å². The van der Waals surface area contributed by atoms with E-state index >= 15 is 0 Å². The van der Waals surface area contributed by atoms with Crippen LogP contribution in [0, 0.1) is 6.92 Å². The molecular formula is C18H16BrN3OS. The van der Waals surface area contributed by atoms with Crippen molar-refractivity contribution in [2.75, 3.05) is 0 Å². The van der Waals surface area contributed by atoms with Crippen LogP contribution in [0.3, 0.4) is 0 Å². The van der Waals surface area contributed by atoms with Gasteiger partial charge in [-0.3, -0.25) is 9.89 Å². The van der Waals surface area contributed by atoms with E-state index in [1.807, 2.05) is 62.4 Å². The number of carbonyl (C=O) groups is 1. The summed E-state index contributed by atoms with van der Waals surface area (Å²) < 4.78 is 0.946. The lowest BCUT2D eigenvalue weighted by molar-refractivity contribution is 0.0994. The zero-order valence-corrected chi connectivity index (χ0v) is 15.7. The molecule has 24 heavy (non-hydrogen) atoms. The van der Waals surface area contributed by atoms with E-state index in [2.05, 4.69) is 31.1 Å². The highest BCUT2D eigenvalue weighted by molar-refractivity contribution is 9.10. The van der Waals surface area contributed by atoms with Gasteiger partial charge in [0.25, 0.3) is 0 Å². The molecule has 0 bridgehead atoms. The lowest BCUT2D eigenvalue weighted by Gasteiger charge is -2.07. The van der Waals surface area contributed by atoms with Gasteiger partial charge in [-0.1, -0.05) is 75.7 Å². The van der Waals surface area contributed by atoms with Crippen LogP contribution in [0.5, 0.6) is 0 Å². The predicted octanol–water partition coefficient (Wildman–Crippen LogP) is 4.91. The maximum absolute atomic E-state index is 12.5. The monoisotopic (exact) mass is 401 g/mol. The van der Waals surface area contributed by atoms with Gasteiger partial charge >= 0.3 is 0 Å².